The van der Waals surface area contributed by atoms with E-state index >= 15 is 0 Å². The van der Waals surface area contributed by atoms with Gasteiger partial charge in [0, 0.05) is 17.9 Å². The van der Waals surface area contributed by atoms with Crippen molar-refractivity contribution < 1.29 is 0 Å². The minimum atomic E-state index is 0.440. The first-order valence-corrected chi connectivity index (χ1v) is 5.76. The minimum Gasteiger partial charge on any atom is -0.361 e. The van der Waals surface area contributed by atoms with Gasteiger partial charge in [0.25, 0.3) is 0 Å². The summed E-state index contributed by atoms with van der Waals surface area (Å²) in [6.45, 7) is 2.20. The van der Waals surface area contributed by atoms with Crippen molar-refractivity contribution in [1.82, 2.24) is 10.3 Å². The van der Waals surface area contributed by atoms with Crippen LogP contribution in [0.3, 0.4) is 0 Å². The number of hydrogen-bond acceptors (Lipinski definition) is 1. The lowest BCUT2D eigenvalue weighted by Crippen LogP contribution is -2.15. The zero-order valence-corrected chi connectivity index (χ0v) is 9.83. The number of nitrogens with one attached hydrogen (secondary N) is 2. The molecule has 0 saturated carbocycles. The fraction of sp³-hybridized carbons (Fsp3) is 0.286. The lowest BCUT2D eigenvalue weighted by molar-refractivity contribution is 0.577. The first kappa shape index (κ1) is 11.0. The molecular weight excluding hydrogens is 196 g/mol. The van der Waals surface area contributed by atoms with Crippen LogP contribution in [0.5, 0.6) is 0 Å². The van der Waals surface area contributed by atoms with Crippen molar-refractivity contribution in [3.8, 4) is 11.3 Å². The van der Waals surface area contributed by atoms with Crippen LogP contribution in [0, 0.1) is 0 Å². The molecule has 2 heteroatoms. The molecule has 2 N–H and O–H groups in total. The topological polar surface area (TPSA) is 27.8 Å². The fourth-order valence-corrected chi connectivity index (χ4v) is 2.04. The van der Waals surface area contributed by atoms with Gasteiger partial charge in [-0.2, -0.15) is 0 Å². The molecule has 0 amide bonds. The monoisotopic (exact) mass is 214 g/mol. The van der Waals surface area contributed by atoms with Crippen LogP contribution in [0.2, 0.25) is 0 Å². The van der Waals surface area contributed by atoms with Crippen molar-refractivity contribution in [3.05, 3.63) is 48.2 Å². The van der Waals surface area contributed by atoms with Crippen LogP contribution < -0.4 is 5.32 Å². The lowest BCUT2D eigenvalue weighted by Gasteiger charge is -2.15. The Hall–Kier alpha value is -1.54. The van der Waals surface area contributed by atoms with Crippen LogP contribution in [0.1, 0.15) is 24.9 Å². The molecular formula is C14H18N2. The maximum atomic E-state index is 3.33. The van der Waals surface area contributed by atoms with Crippen molar-refractivity contribution in [3.63, 3.8) is 0 Å². The second kappa shape index (κ2) is 4.99. The van der Waals surface area contributed by atoms with Crippen molar-refractivity contribution in [2.24, 2.45) is 0 Å². The van der Waals surface area contributed by atoms with E-state index in [-0.39, 0.29) is 0 Å². The summed E-state index contributed by atoms with van der Waals surface area (Å²) in [5, 5.41) is 3.33. The highest BCUT2D eigenvalue weighted by Crippen LogP contribution is 2.23. The van der Waals surface area contributed by atoms with Crippen molar-refractivity contribution in [2.75, 3.05) is 7.05 Å². The summed E-state index contributed by atoms with van der Waals surface area (Å²) in [4.78, 5) is 3.24. The van der Waals surface area contributed by atoms with Crippen LogP contribution in [0.25, 0.3) is 11.3 Å². The van der Waals surface area contributed by atoms with Crippen LogP contribution in [-0.2, 0) is 0 Å². The Bertz CT molecular complexity index is 428. The van der Waals surface area contributed by atoms with E-state index in [1.165, 1.54) is 16.8 Å². The largest absolute Gasteiger partial charge is 0.361 e. The average molecular weight is 214 g/mol. The number of aromatic amines is 1. The lowest BCUT2D eigenvalue weighted by atomic mass is 10.0. The maximum Gasteiger partial charge on any atom is 0.0453 e. The smallest absolute Gasteiger partial charge is 0.0453 e. The molecule has 2 aromatic rings. The van der Waals surface area contributed by atoms with Crippen molar-refractivity contribution in [1.29, 1.82) is 0 Å². The van der Waals surface area contributed by atoms with E-state index in [0.29, 0.717) is 6.04 Å². The summed E-state index contributed by atoms with van der Waals surface area (Å²) in [5.74, 6) is 0. The van der Waals surface area contributed by atoms with Crippen molar-refractivity contribution in [2.45, 2.75) is 19.4 Å². The quantitative estimate of drug-likeness (QED) is 0.802. The SMILES string of the molecule is CCC(NC)c1cccc(-c2ccc[nH]2)c1. The third-order valence-corrected chi connectivity index (χ3v) is 2.95. The molecule has 0 spiro atoms. The summed E-state index contributed by atoms with van der Waals surface area (Å²) >= 11 is 0. The molecule has 1 heterocycles. The predicted molar refractivity (Wildman–Crippen MR) is 68.3 cm³/mol. The van der Waals surface area contributed by atoms with E-state index in [1.807, 2.05) is 19.3 Å². The Morgan fingerprint density at radius 2 is 2.12 bits per heavy atom. The highest BCUT2D eigenvalue weighted by molar-refractivity contribution is 5.60. The number of aromatic nitrogens is 1. The van der Waals surface area contributed by atoms with E-state index in [1.54, 1.807) is 0 Å². The molecule has 0 aliphatic rings. The standard InChI is InChI=1S/C14H18N2/c1-3-13(15-2)11-6-4-7-12(10-11)14-8-5-9-16-14/h4-10,13,15-16H,3H2,1-2H3. The number of H-pyrrole nitrogens is 1. The zero-order valence-electron chi connectivity index (χ0n) is 9.83. The Labute approximate surface area is 96.7 Å². The number of rotatable bonds is 4. The van der Waals surface area contributed by atoms with Crippen molar-refractivity contribution >= 4 is 0 Å². The van der Waals surface area contributed by atoms with Gasteiger partial charge in [-0.15, -0.1) is 0 Å². The van der Waals surface area contributed by atoms with Gasteiger partial charge in [-0.3, -0.25) is 0 Å². The number of benzene rings is 1. The van der Waals surface area contributed by atoms with E-state index in [9.17, 15) is 0 Å². The normalized spacial score (nSPS) is 12.6. The van der Waals surface area contributed by atoms with Gasteiger partial charge in [0.05, 0.1) is 0 Å². The molecule has 1 aromatic carbocycles. The van der Waals surface area contributed by atoms with E-state index < -0.39 is 0 Å². The third-order valence-electron chi connectivity index (χ3n) is 2.95. The second-order valence-electron chi connectivity index (χ2n) is 3.96. The summed E-state index contributed by atoms with van der Waals surface area (Å²) in [6.07, 6.45) is 3.06. The van der Waals surface area contributed by atoms with Gasteiger partial charge in [-0.05, 0) is 42.8 Å². The van der Waals surface area contributed by atoms with Crippen LogP contribution in [0.15, 0.2) is 42.6 Å². The molecule has 2 nitrogen and oxygen atoms in total. The molecule has 2 rings (SSSR count). The minimum absolute atomic E-state index is 0.440. The van der Waals surface area contributed by atoms with E-state index in [2.05, 4.69) is 47.6 Å². The Kier molecular flexibility index (Phi) is 3.42. The van der Waals surface area contributed by atoms with Gasteiger partial charge in [0.1, 0.15) is 0 Å². The first-order chi connectivity index (χ1) is 7.85. The van der Waals surface area contributed by atoms with Crippen LogP contribution >= 0.6 is 0 Å². The molecule has 84 valence electrons. The number of hydrogen-bond donors (Lipinski definition) is 2. The van der Waals surface area contributed by atoms with Gasteiger partial charge < -0.3 is 10.3 Å². The maximum absolute atomic E-state index is 3.33. The molecule has 1 unspecified atom stereocenters. The zero-order chi connectivity index (χ0) is 11.4. The molecule has 0 radical (unpaired) electrons. The third kappa shape index (κ3) is 2.17. The van der Waals surface area contributed by atoms with E-state index in [4.69, 9.17) is 0 Å². The predicted octanol–water partition coefficient (Wildman–Crippen LogP) is 3.35. The average Bonchev–Trinajstić information content (AvgIpc) is 2.85. The Morgan fingerprint density at radius 1 is 1.25 bits per heavy atom. The Morgan fingerprint density at radius 3 is 2.75 bits per heavy atom. The molecule has 0 saturated heterocycles. The van der Waals surface area contributed by atoms with E-state index in [0.717, 1.165) is 6.42 Å². The van der Waals surface area contributed by atoms with Gasteiger partial charge in [0.15, 0.2) is 0 Å². The van der Waals surface area contributed by atoms with Gasteiger partial charge in [0.2, 0.25) is 0 Å². The Balaban J connectivity index is 2.33. The highest BCUT2D eigenvalue weighted by Gasteiger charge is 2.07. The molecule has 0 aliphatic heterocycles. The summed E-state index contributed by atoms with van der Waals surface area (Å²) in [7, 11) is 2.01. The molecule has 1 atom stereocenters. The van der Waals surface area contributed by atoms with Crippen LogP contribution in [-0.4, -0.2) is 12.0 Å². The fourth-order valence-electron chi connectivity index (χ4n) is 2.04. The second-order valence-corrected chi connectivity index (χ2v) is 3.96. The van der Waals surface area contributed by atoms with Gasteiger partial charge in [-0.25, -0.2) is 0 Å². The van der Waals surface area contributed by atoms with Gasteiger partial charge in [-0.1, -0.05) is 25.1 Å². The molecule has 1 aromatic heterocycles. The summed E-state index contributed by atoms with van der Waals surface area (Å²) in [6, 6.07) is 13.2. The molecule has 0 aliphatic carbocycles. The summed E-state index contributed by atoms with van der Waals surface area (Å²) < 4.78 is 0. The molecule has 0 fully saturated rings. The highest BCUT2D eigenvalue weighted by atomic mass is 14.9. The summed E-state index contributed by atoms with van der Waals surface area (Å²) in [5.41, 5.74) is 3.76. The first-order valence-electron chi connectivity index (χ1n) is 5.76. The van der Waals surface area contributed by atoms with Gasteiger partial charge >= 0.3 is 0 Å². The molecule has 16 heavy (non-hydrogen) atoms. The van der Waals surface area contributed by atoms with Crippen LogP contribution in [0.4, 0.5) is 0 Å². The molecule has 0 bridgehead atoms.